The molecule has 0 atom stereocenters. The van der Waals surface area contributed by atoms with Crippen LogP contribution in [0.25, 0.3) is 0 Å². The van der Waals surface area contributed by atoms with Crippen molar-refractivity contribution in [2.24, 2.45) is 0 Å². The maximum atomic E-state index is 11.8. The highest BCUT2D eigenvalue weighted by Gasteiger charge is 2.06. The first-order valence-electron chi connectivity index (χ1n) is 6.00. The quantitative estimate of drug-likeness (QED) is 0.832. The fourth-order valence-corrected chi connectivity index (χ4v) is 1.85. The molecule has 0 radical (unpaired) electrons. The minimum atomic E-state index is -0.418. The van der Waals surface area contributed by atoms with Crippen LogP contribution in [0.15, 0.2) is 48.5 Å². The molecule has 0 aliphatic heterocycles. The van der Waals surface area contributed by atoms with Crippen molar-refractivity contribution in [1.29, 1.82) is 0 Å². The molecule has 0 unspecified atom stereocenters. The molecule has 5 heteroatoms. The summed E-state index contributed by atoms with van der Waals surface area (Å²) in [6.07, 6.45) is 0. The molecular weight excluding hydrogens is 276 g/mol. The molecule has 0 saturated heterocycles. The molecule has 0 saturated carbocycles. The van der Waals surface area contributed by atoms with Crippen molar-refractivity contribution in [3.05, 3.63) is 59.1 Å². The molecular formula is C15H13ClN2O2. The molecule has 0 aromatic heterocycles. The van der Waals surface area contributed by atoms with Crippen LogP contribution in [0.2, 0.25) is 5.02 Å². The zero-order valence-electron chi connectivity index (χ0n) is 10.8. The lowest BCUT2D eigenvalue weighted by molar-refractivity contribution is 0.101. The van der Waals surface area contributed by atoms with Gasteiger partial charge < -0.3 is 10.6 Å². The van der Waals surface area contributed by atoms with Gasteiger partial charge in [-0.25, -0.2) is 4.79 Å². The molecule has 0 spiro atoms. The molecule has 2 aromatic rings. The van der Waals surface area contributed by atoms with Crippen molar-refractivity contribution in [2.45, 2.75) is 6.92 Å². The number of halogens is 1. The monoisotopic (exact) mass is 288 g/mol. The summed E-state index contributed by atoms with van der Waals surface area (Å²) in [7, 11) is 0. The van der Waals surface area contributed by atoms with Gasteiger partial charge in [0.1, 0.15) is 0 Å². The van der Waals surface area contributed by atoms with Gasteiger partial charge in [0.05, 0.1) is 10.7 Å². The van der Waals surface area contributed by atoms with Gasteiger partial charge in [-0.1, -0.05) is 35.9 Å². The highest BCUT2D eigenvalue weighted by Crippen LogP contribution is 2.20. The fourth-order valence-electron chi connectivity index (χ4n) is 1.66. The van der Waals surface area contributed by atoms with E-state index in [2.05, 4.69) is 10.6 Å². The Bertz CT molecular complexity index is 656. The normalized spacial score (nSPS) is 9.90. The van der Waals surface area contributed by atoms with Gasteiger partial charge in [0.2, 0.25) is 0 Å². The Morgan fingerprint density at radius 2 is 1.75 bits per heavy atom. The number of ketones is 1. The summed E-state index contributed by atoms with van der Waals surface area (Å²) >= 11 is 5.95. The lowest BCUT2D eigenvalue weighted by Gasteiger charge is -2.09. The maximum absolute atomic E-state index is 11.8. The third-order valence-electron chi connectivity index (χ3n) is 2.65. The summed E-state index contributed by atoms with van der Waals surface area (Å²) in [5.74, 6) is -0.0554. The molecule has 2 aromatic carbocycles. The van der Waals surface area contributed by atoms with Gasteiger partial charge >= 0.3 is 6.03 Å². The van der Waals surface area contributed by atoms with Gasteiger partial charge in [-0.15, -0.1) is 0 Å². The minimum Gasteiger partial charge on any atom is -0.308 e. The Balaban J connectivity index is 2.07. The summed E-state index contributed by atoms with van der Waals surface area (Å²) in [4.78, 5) is 23.1. The number of hydrogen-bond donors (Lipinski definition) is 2. The Morgan fingerprint density at radius 1 is 1.00 bits per heavy atom. The third kappa shape index (κ3) is 3.59. The predicted molar refractivity (Wildman–Crippen MR) is 80.5 cm³/mol. The van der Waals surface area contributed by atoms with E-state index in [9.17, 15) is 9.59 Å². The molecule has 4 nitrogen and oxygen atoms in total. The molecule has 2 rings (SSSR count). The van der Waals surface area contributed by atoms with E-state index in [0.29, 0.717) is 22.0 Å². The van der Waals surface area contributed by atoms with Crippen LogP contribution < -0.4 is 10.6 Å². The smallest absolute Gasteiger partial charge is 0.308 e. The van der Waals surface area contributed by atoms with Crippen LogP contribution >= 0.6 is 11.6 Å². The number of hydrogen-bond acceptors (Lipinski definition) is 2. The number of para-hydroxylation sites is 1. The first-order chi connectivity index (χ1) is 9.56. The lowest BCUT2D eigenvalue weighted by Crippen LogP contribution is -2.19. The summed E-state index contributed by atoms with van der Waals surface area (Å²) in [5.41, 5.74) is 1.61. The van der Waals surface area contributed by atoms with Gasteiger partial charge in [-0.3, -0.25) is 4.79 Å². The molecule has 0 aliphatic carbocycles. The second kappa shape index (κ2) is 6.21. The SMILES string of the molecule is CC(=O)c1cccc(NC(=O)Nc2ccccc2Cl)c1. The van der Waals surface area contributed by atoms with E-state index in [0.717, 1.165) is 0 Å². The van der Waals surface area contributed by atoms with E-state index in [1.54, 1.807) is 48.5 Å². The summed E-state index contributed by atoms with van der Waals surface area (Å²) in [6.45, 7) is 1.48. The summed E-state index contributed by atoms with van der Waals surface area (Å²) in [5, 5.41) is 5.75. The Hall–Kier alpha value is -2.33. The standard InChI is InChI=1S/C15H13ClN2O2/c1-10(19)11-5-4-6-12(9-11)17-15(20)18-14-8-3-2-7-13(14)16/h2-9H,1H3,(H2,17,18,20). The molecule has 0 fully saturated rings. The largest absolute Gasteiger partial charge is 0.323 e. The summed E-state index contributed by atoms with van der Waals surface area (Å²) < 4.78 is 0. The first kappa shape index (κ1) is 14.1. The molecule has 2 N–H and O–H groups in total. The molecule has 102 valence electrons. The number of carbonyl (C=O) groups is 2. The maximum Gasteiger partial charge on any atom is 0.323 e. The molecule has 0 bridgehead atoms. The van der Waals surface area contributed by atoms with E-state index in [-0.39, 0.29) is 5.78 Å². The number of benzene rings is 2. The fraction of sp³-hybridized carbons (Fsp3) is 0.0667. The van der Waals surface area contributed by atoms with Crippen molar-refractivity contribution in [3.8, 4) is 0 Å². The first-order valence-corrected chi connectivity index (χ1v) is 6.37. The topological polar surface area (TPSA) is 58.2 Å². The van der Waals surface area contributed by atoms with Crippen molar-refractivity contribution in [1.82, 2.24) is 0 Å². The summed E-state index contributed by atoms with van der Waals surface area (Å²) in [6, 6.07) is 13.3. The van der Waals surface area contributed by atoms with Gasteiger partial charge in [0, 0.05) is 11.3 Å². The Morgan fingerprint density at radius 3 is 2.45 bits per heavy atom. The van der Waals surface area contributed by atoms with Crippen LogP contribution in [0.3, 0.4) is 0 Å². The lowest BCUT2D eigenvalue weighted by atomic mass is 10.1. The van der Waals surface area contributed by atoms with Crippen LogP contribution in [0.1, 0.15) is 17.3 Å². The van der Waals surface area contributed by atoms with Crippen LogP contribution in [-0.2, 0) is 0 Å². The van der Waals surface area contributed by atoms with Gasteiger partial charge in [0.15, 0.2) is 5.78 Å². The highest BCUT2D eigenvalue weighted by molar-refractivity contribution is 6.33. The average molecular weight is 289 g/mol. The minimum absolute atomic E-state index is 0.0554. The second-order valence-corrected chi connectivity index (χ2v) is 4.60. The van der Waals surface area contributed by atoms with E-state index in [4.69, 9.17) is 11.6 Å². The van der Waals surface area contributed by atoms with Gasteiger partial charge in [-0.05, 0) is 31.2 Å². The number of carbonyl (C=O) groups excluding carboxylic acids is 2. The number of nitrogens with one attached hydrogen (secondary N) is 2. The van der Waals surface area contributed by atoms with Crippen molar-refractivity contribution < 1.29 is 9.59 Å². The number of urea groups is 1. The van der Waals surface area contributed by atoms with Crippen LogP contribution in [0.4, 0.5) is 16.2 Å². The van der Waals surface area contributed by atoms with E-state index < -0.39 is 6.03 Å². The molecule has 20 heavy (non-hydrogen) atoms. The Labute approximate surface area is 121 Å². The average Bonchev–Trinajstić information content (AvgIpc) is 2.41. The van der Waals surface area contributed by atoms with E-state index in [1.165, 1.54) is 6.92 Å². The van der Waals surface area contributed by atoms with Crippen LogP contribution in [0.5, 0.6) is 0 Å². The zero-order valence-corrected chi connectivity index (χ0v) is 11.6. The number of anilines is 2. The molecule has 0 aliphatic rings. The van der Waals surface area contributed by atoms with Crippen molar-refractivity contribution in [2.75, 3.05) is 10.6 Å². The highest BCUT2D eigenvalue weighted by atomic mass is 35.5. The Kier molecular flexibility index (Phi) is 4.38. The predicted octanol–water partition coefficient (Wildman–Crippen LogP) is 4.19. The van der Waals surface area contributed by atoms with Gasteiger partial charge in [0.25, 0.3) is 0 Å². The number of amides is 2. The van der Waals surface area contributed by atoms with E-state index >= 15 is 0 Å². The second-order valence-electron chi connectivity index (χ2n) is 4.20. The van der Waals surface area contributed by atoms with Gasteiger partial charge in [-0.2, -0.15) is 0 Å². The molecule has 0 heterocycles. The third-order valence-corrected chi connectivity index (χ3v) is 2.98. The molecule has 2 amide bonds. The van der Waals surface area contributed by atoms with Crippen molar-refractivity contribution in [3.63, 3.8) is 0 Å². The van der Waals surface area contributed by atoms with E-state index in [1.807, 2.05) is 0 Å². The number of rotatable bonds is 3. The van der Waals surface area contributed by atoms with Crippen LogP contribution in [-0.4, -0.2) is 11.8 Å². The van der Waals surface area contributed by atoms with Crippen LogP contribution in [0, 0.1) is 0 Å². The number of Topliss-reactive ketones (excluding diaryl/α,β-unsaturated/α-hetero) is 1. The zero-order chi connectivity index (χ0) is 14.5. The van der Waals surface area contributed by atoms with Crippen molar-refractivity contribution >= 4 is 34.8 Å².